The third kappa shape index (κ3) is 3.92. The first-order valence-corrected chi connectivity index (χ1v) is 14.5. The zero-order valence-electron chi connectivity index (χ0n) is 24.9. The highest BCUT2D eigenvalue weighted by Gasteiger charge is 2.25. The van der Waals surface area contributed by atoms with E-state index >= 15 is 0 Å². The maximum absolute atomic E-state index is 10.4. The third-order valence-corrected chi connectivity index (χ3v) is 8.42. The average Bonchev–Trinajstić information content (AvgIpc) is 3.51. The van der Waals surface area contributed by atoms with Gasteiger partial charge >= 0.3 is 0 Å². The van der Waals surface area contributed by atoms with E-state index in [4.69, 9.17) is 4.42 Å². The number of nitriles is 1. The molecule has 0 fully saturated rings. The minimum atomic E-state index is 0.00267. The molecule has 0 saturated heterocycles. The summed E-state index contributed by atoms with van der Waals surface area (Å²) in [4.78, 5) is 4.60. The van der Waals surface area contributed by atoms with Crippen molar-refractivity contribution in [3.05, 3.63) is 108 Å². The highest BCUT2D eigenvalue weighted by atomic mass is 16.3. The molecular formula is C38H33N3O. The fourth-order valence-corrected chi connectivity index (χ4v) is 6.08. The van der Waals surface area contributed by atoms with Crippen molar-refractivity contribution in [3.63, 3.8) is 0 Å². The van der Waals surface area contributed by atoms with Crippen molar-refractivity contribution < 1.29 is 4.42 Å². The van der Waals surface area contributed by atoms with Crippen molar-refractivity contribution in [2.75, 3.05) is 0 Å². The number of hydrogen-bond acceptors (Lipinski definition) is 3. The highest BCUT2D eigenvalue weighted by molar-refractivity contribution is 6.15. The molecule has 0 aliphatic heterocycles. The second-order valence-electron chi connectivity index (χ2n) is 13.2. The van der Waals surface area contributed by atoms with Crippen molar-refractivity contribution in [1.29, 1.82) is 5.26 Å². The number of furan rings is 1. The Labute approximate surface area is 245 Å². The summed E-state index contributed by atoms with van der Waals surface area (Å²) >= 11 is 0. The lowest BCUT2D eigenvalue weighted by Crippen LogP contribution is -2.10. The number of benzene rings is 4. The van der Waals surface area contributed by atoms with Gasteiger partial charge in [-0.15, -0.1) is 0 Å². The first-order chi connectivity index (χ1) is 20.1. The van der Waals surface area contributed by atoms with Gasteiger partial charge in [0.25, 0.3) is 0 Å². The predicted octanol–water partition coefficient (Wildman–Crippen LogP) is 10.2. The van der Waals surface area contributed by atoms with Gasteiger partial charge in [0.2, 0.25) is 0 Å². The molecule has 0 spiro atoms. The van der Waals surface area contributed by atoms with E-state index in [2.05, 4.69) is 99.6 Å². The molecule has 4 heteroatoms. The monoisotopic (exact) mass is 547 g/mol. The molecule has 4 nitrogen and oxygen atoms in total. The van der Waals surface area contributed by atoms with E-state index in [1.807, 2.05) is 42.5 Å². The van der Waals surface area contributed by atoms with Crippen molar-refractivity contribution >= 4 is 43.7 Å². The molecule has 4 aromatic carbocycles. The second kappa shape index (κ2) is 9.06. The lowest BCUT2D eigenvalue weighted by Gasteiger charge is -2.19. The normalized spacial score (nSPS) is 12.5. The van der Waals surface area contributed by atoms with Crippen LogP contribution in [0.5, 0.6) is 0 Å². The summed E-state index contributed by atoms with van der Waals surface area (Å²) < 4.78 is 9.01. The van der Waals surface area contributed by atoms with Crippen LogP contribution in [0.1, 0.15) is 58.2 Å². The van der Waals surface area contributed by atoms with Crippen molar-refractivity contribution in [3.8, 4) is 23.0 Å². The van der Waals surface area contributed by atoms with Gasteiger partial charge in [-0.1, -0.05) is 71.9 Å². The number of hydrogen-bond donors (Lipinski definition) is 0. The molecule has 0 aliphatic carbocycles. The zero-order valence-corrected chi connectivity index (χ0v) is 24.9. The summed E-state index contributed by atoms with van der Waals surface area (Å²) in [5.74, 6) is 0. The highest BCUT2D eigenvalue weighted by Crippen LogP contribution is 2.43. The Morgan fingerprint density at radius 2 is 1.31 bits per heavy atom. The summed E-state index contributed by atoms with van der Waals surface area (Å²) in [5.41, 5.74) is 9.26. The summed E-state index contributed by atoms with van der Waals surface area (Å²) in [7, 11) is 0. The second-order valence-corrected chi connectivity index (χ2v) is 13.2. The molecule has 0 bridgehead atoms. The lowest BCUT2D eigenvalue weighted by atomic mass is 9.85. The Kier molecular flexibility index (Phi) is 5.62. The Hall–Kier alpha value is -4.88. The van der Waals surface area contributed by atoms with E-state index in [1.165, 1.54) is 21.9 Å². The van der Waals surface area contributed by atoms with Gasteiger partial charge in [0.05, 0.1) is 22.3 Å². The molecule has 0 atom stereocenters. The van der Waals surface area contributed by atoms with Gasteiger partial charge in [0.15, 0.2) is 5.58 Å². The van der Waals surface area contributed by atoms with Crippen LogP contribution < -0.4 is 0 Å². The molecule has 0 amide bonds. The van der Waals surface area contributed by atoms with Gasteiger partial charge in [-0.25, -0.2) is 0 Å². The number of nitrogens with zero attached hydrogens (tertiary/aromatic N) is 3. The summed E-state index contributed by atoms with van der Waals surface area (Å²) in [6.45, 7) is 13.5. The van der Waals surface area contributed by atoms with E-state index in [9.17, 15) is 5.26 Å². The summed E-state index contributed by atoms with van der Waals surface area (Å²) in [6, 6.07) is 32.0. The van der Waals surface area contributed by atoms with Crippen LogP contribution in [0, 0.1) is 11.3 Å². The van der Waals surface area contributed by atoms with Gasteiger partial charge in [0.1, 0.15) is 17.3 Å². The molecule has 206 valence electrons. The van der Waals surface area contributed by atoms with Crippen LogP contribution in [0.25, 0.3) is 60.7 Å². The fourth-order valence-electron chi connectivity index (χ4n) is 6.08. The summed E-state index contributed by atoms with van der Waals surface area (Å²) in [6.07, 6.45) is 1.80. The maximum atomic E-state index is 10.4. The van der Waals surface area contributed by atoms with E-state index < -0.39 is 0 Å². The van der Waals surface area contributed by atoms with Crippen LogP contribution in [0.2, 0.25) is 0 Å². The Bertz CT molecular complexity index is 2140. The Balaban J connectivity index is 1.63. The average molecular weight is 548 g/mol. The predicted molar refractivity (Wildman–Crippen MR) is 173 cm³/mol. The number of pyridine rings is 1. The van der Waals surface area contributed by atoms with Crippen molar-refractivity contribution in [1.82, 2.24) is 9.55 Å². The van der Waals surface area contributed by atoms with Gasteiger partial charge in [0, 0.05) is 33.3 Å². The van der Waals surface area contributed by atoms with E-state index in [0.29, 0.717) is 11.1 Å². The fraction of sp³-hybridized carbons (Fsp3) is 0.211. The van der Waals surface area contributed by atoms with Crippen molar-refractivity contribution in [2.45, 2.75) is 52.4 Å². The van der Waals surface area contributed by atoms with Crippen LogP contribution in [0.4, 0.5) is 0 Å². The molecule has 0 N–H and O–H groups in total. The molecule has 42 heavy (non-hydrogen) atoms. The first-order valence-electron chi connectivity index (χ1n) is 14.5. The molecule has 0 aliphatic rings. The van der Waals surface area contributed by atoms with Gasteiger partial charge < -0.3 is 8.98 Å². The Morgan fingerprint density at radius 1 is 0.667 bits per heavy atom. The molecular weight excluding hydrogens is 514 g/mol. The quantitative estimate of drug-likeness (QED) is 0.216. The van der Waals surface area contributed by atoms with Crippen LogP contribution in [-0.2, 0) is 10.8 Å². The molecule has 7 rings (SSSR count). The first kappa shape index (κ1) is 26.0. The molecule has 3 aromatic heterocycles. The maximum Gasteiger partial charge on any atom is 0.160 e. The number of rotatable bonds is 2. The molecule has 7 aromatic rings. The smallest absolute Gasteiger partial charge is 0.160 e. The largest absolute Gasteiger partial charge is 0.453 e. The van der Waals surface area contributed by atoms with E-state index in [0.717, 1.165) is 44.3 Å². The third-order valence-electron chi connectivity index (χ3n) is 8.42. The summed E-state index contributed by atoms with van der Waals surface area (Å²) in [5, 5.41) is 14.7. The molecule has 0 unspecified atom stereocenters. The van der Waals surface area contributed by atoms with Gasteiger partial charge in [-0.3, -0.25) is 4.98 Å². The molecule has 3 heterocycles. The molecule has 0 radical (unpaired) electrons. The van der Waals surface area contributed by atoms with Crippen LogP contribution in [-0.4, -0.2) is 9.55 Å². The van der Waals surface area contributed by atoms with Crippen LogP contribution in [0.3, 0.4) is 0 Å². The number of fused-ring (bicyclic) bond motifs is 6. The van der Waals surface area contributed by atoms with Crippen LogP contribution >= 0.6 is 0 Å². The van der Waals surface area contributed by atoms with Gasteiger partial charge in [-0.05, 0) is 76.6 Å². The van der Waals surface area contributed by atoms with Crippen LogP contribution in [0.15, 0.2) is 95.5 Å². The Morgan fingerprint density at radius 3 is 1.88 bits per heavy atom. The minimum absolute atomic E-state index is 0.00267. The number of para-hydroxylation sites is 1. The zero-order chi connectivity index (χ0) is 29.4. The number of aromatic nitrogens is 2. The SMILES string of the molecule is CC(C)(C)c1ccc2c(c1)c1cc(C(C)(C)C)ccc1n2-c1c(C#N)ccc2c1oc1c(-c3ccccn3)cccc12. The topological polar surface area (TPSA) is 54.8 Å². The van der Waals surface area contributed by atoms with Crippen molar-refractivity contribution in [2.24, 2.45) is 0 Å². The lowest BCUT2D eigenvalue weighted by molar-refractivity contribution is 0.590. The van der Waals surface area contributed by atoms with E-state index in [-0.39, 0.29) is 10.8 Å². The molecule has 0 saturated carbocycles. The standard InChI is InChI=1S/C38H33N3O/c1-37(2,3)24-14-17-32-29(20-24)30-21-25(38(4,5)6)15-18-33(30)41(32)34-23(22-39)13-16-27-26-10-9-11-28(35(26)42-36(27)34)31-12-7-8-19-40-31/h7-21H,1-6H3. The minimum Gasteiger partial charge on any atom is -0.453 e. The van der Waals surface area contributed by atoms with E-state index in [1.54, 1.807) is 6.20 Å². The van der Waals surface area contributed by atoms with Gasteiger partial charge in [-0.2, -0.15) is 5.26 Å².